The van der Waals surface area contributed by atoms with Gasteiger partial charge in [-0.05, 0) is 47.2 Å². The van der Waals surface area contributed by atoms with E-state index in [1.54, 1.807) is 54.6 Å². The number of rotatable bonds is 8. The van der Waals surface area contributed by atoms with Crippen LogP contribution >= 0.6 is 0 Å². The number of carbonyl (C=O) groups excluding carboxylic acids is 1. The van der Waals surface area contributed by atoms with Crippen LogP contribution in [0.4, 0.5) is 5.69 Å². The molecule has 0 heterocycles. The number of methoxy groups -OCH3 is 1. The first-order valence-electron chi connectivity index (χ1n) is 12.9. The van der Waals surface area contributed by atoms with E-state index in [9.17, 15) is 18.3 Å². The van der Waals surface area contributed by atoms with Crippen molar-refractivity contribution in [3.63, 3.8) is 0 Å². The Morgan fingerprint density at radius 1 is 0.854 bits per heavy atom. The molecule has 0 radical (unpaired) electrons. The van der Waals surface area contributed by atoms with Gasteiger partial charge in [-0.1, -0.05) is 54.6 Å². The molecule has 2 N–H and O–H groups in total. The number of phenols is 1. The molecule has 0 saturated carbocycles. The zero-order valence-electron chi connectivity index (χ0n) is 23.2. The number of nitrogens with one attached hydrogen (secondary N) is 1. The predicted octanol–water partition coefficient (Wildman–Crippen LogP) is 5.79. The minimum Gasteiger partial charge on any atom is -0.507 e. The highest BCUT2D eigenvalue weighted by atomic mass is 32.2. The number of sulfonamides is 1. The normalized spacial score (nSPS) is 11.9. The number of ether oxygens (including phenoxy) is 2. The Morgan fingerprint density at radius 3 is 2.15 bits per heavy atom. The molecule has 0 saturated heterocycles. The minimum absolute atomic E-state index is 0.0353. The third kappa shape index (κ3) is 5.82. The van der Waals surface area contributed by atoms with Gasteiger partial charge in [0.2, 0.25) is 0 Å². The van der Waals surface area contributed by atoms with Crippen LogP contribution in [0.25, 0.3) is 32.7 Å². The van der Waals surface area contributed by atoms with Crippen LogP contribution in [-0.4, -0.2) is 58.8 Å². The molecule has 8 nitrogen and oxygen atoms in total. The Morgan fingerprint density at radius 2 is 1.49 bits per heavy atom. The average Bonchev–Trinajstić information content (AvgIpc) is 2.93. The van der Waals surface area contributed by atoms with E-state index in [2.05, 4.69) is 4.72 Å². The molecular formula is C32H31N2O6S+. The van der Waals surface area contributed by atoms with Crippen LogP contribution in [0, 0.1) is 0 Å². The Kier molecular flexibility index (Phi) is 7.33. The highest BCUT2D eigenvalue weighted by Gasteiger charge is 2.25. The molecule has 5 aromatic rings. The molecule has 0 aliphatic heterocycles. The van der Waals surface area contributed by atoms with Gasteiger partial charge in [0.05, 0.1) is 38.8 Å². The van der Waals surface area contributed by atoms with E-state index >= 15 is 0 Å². The lowest BCUT2D eigenvalue weighted by molar-refractivity contribution is -0.862. The standard InChI is InChI=1S/C32H30N2O6S/c1-34(2,3)20-30(36)40-32-26-12-8-7-11-25(26)28(33-41(37,38)23-16-14-22(39-4)15-17-23)19-27(32)31-24-10-6-5-9-21(24)13-18-29(31)35/h5-19,33H,20H2,1-4H3/p+1. The molecule has 5 aromatic carbocycles. The van der Waals surface area contributed by atoms with E-state index in [0.717, 1.165) is 10.8 Å². The molecule has 0 aliphatic rings. The second-order valence-corrected chi connectivity index (χ2v) is 12.4. The van der Waals surface area contributed by atoms with Gasteiger partial charge in [0, 0.05) is 21.9 Å². The summed E-state index contributed by atoms with van der Waals surface area (Å²) in [6.07, 6.45) is 0. The van der Waals surface area contributed by atoms with Crippen molar-refractivity contribution in [2.45, 2.75) is 4.90 Å². The summed E-state index contributed by atoms with van der Waals surface area (Å²) in [6, 6.07) is 25.6. The summed E-state index contributed by atoms with van der Waals surface area (Å²) in [7, 11) is 3.14. The summed E-state index contributed by atoms with van der Waals surface area (Å²) < 4.78 is 41.3. The average molecular weight is 572 g/mol. The topological polar surface area (TPSA) is 102 Å². The lowest BCUT2D eigenvalue weighted by Gasteiger charge is -2.24. The van der Waals surface area contributed by atoms with Crippen molar-refractivity contribution in [1.82, 2.24) is 0 Å². The van der Waals surface area contributed by atoms with E-state index < -0.39 is 16.0 Å². The number of fused-ring (bicyclic) bond motifs is 2. The lowest BCUT2D eigenvalue weighted by atomic mass is 9.93. The second kappa shape index (κ2) is 10.8. The second-order valence-electron chi connectivity index (χ2n) is 10.7. The fourth-order valence-electron chi connectivity index (χ4n) is 4.76. The zero-order chi connectivity index (χ0) is 29.4. The van der Waals surface area contributed by atoms with Gasteiger partial charge in [0.1, 0.15) is 17.2 Å². The number of phenolic OH excluding ortho intramolecular Hbond substituents is 1. The molecule has 41 heavy (non-hydrogen) atoms. The summed E-state index contributed by atoms with van der Waals surface area (Å²) in [4.78, 5) is 13.2. The predicted molar refractivity (Wildman–Crippen MR) is 161 cm³/mol. The van der Waals surface area contributed by atoms with Gasteiger partial charge < -0.3 is 19.1 Å². The number of likely N-dealkylation sites (N-methyl/N-ethyl adjacent to an activating group) is 1. The first-order valence-corrected chi connectivity index (χ1v) is 14.4. The number of carbonyl (C=O) groups is 1. The van der Waals surface area contributed by atoms with Crippen LogP contribution in [-0.2, 0) is 14.8 Å². The van der Waals surface area contributed by atoms with Crippen LogP contribution in [0.2, 0.25) is 0 Å². The maximum absolute atomic E-state index is 13.5. The highest BCUT2D eigenvalue weighted by Crippen LogP contribution is 2.47. The van der Waals surface area contributed by atoms with Crippen molar-refractivity contribution in [1.29, 1.82) is 0 Å². The molecule has 0 atom stereocenters. The van der Waals surface area contributed by atoms with E-state index in [1.165, 1.54) is 19.2 Å². The summed E-state index contributed by atoms with van der Waals surface area (Å²) in [6.45, 7) is 0.0983. The van der Waals surface area contributed by atoms with Crippen molar-refractivity contribution in [3.8, 4) is 28.4 Å². The monoisotopic (exact) mass is 571 g/mol. The van der Waals surface area contributed by atoms with E-state index in [-0.39, 0.29) is 28.6 Å². The third-order valence-corrected chi connectivity index (χ3v) is 7.99. The Hall–Kier alpha value is -4.60. The number of benzene rings is 5. The number of esters is 1. The minimum atomic E-state index is -4.02. The molecule has 0 amide bonds. The molecule has 0 aromatic heterocycles. The molecule has 0 bridgehead atoms. The van der Waals surface area contributed by atoms with Gasteiger partial charge in [-0.3, -0.25) is 4.72 Å². The van der Waals surface area contributed by atoms with Gasteiger partial charge in [-0.25, -0.2) is 13.2 Å². The Bertz CT molecular complexity index is 1880. The smallest absolute Gasteiger partial charge is 0.367 e. The van der Waals surface area contributed by atoms with Gasteiger partial charge in [-0.2, -0.15) is 0 Å². The maximum atomic E-state index is 13.5. The number of hydrogen-bond acceptors (Lipinski definition) is 6. The number of nitrogens with zero attached hydrogens (tertiary/aromatic N) is 1. The van der Waals surface area contributed by atoms with E-state index in [1.807, 2.05) is 45.4 Å². The Balaban J connectivity index is 1.76. The van der Waals surface area contributed by atoms with Gasteiger partial charge in [-0.15, -0.1) is 0 Å². The highest BCUT2D eigenvalue weighted by molar-refractivity contribution is 7.92. The third-order valence-electron chi connectivity index (χ3n) is 6.60. The maximum Gasteiger partial charge on any atom is 0.367 e. The molecule has 5 rings (SSSR count). The summed E-state index contributed by atoms with van der Waals surface area (Å²) >= 11 is 0. The first kappa shape index (κ1) is 27.9. The summed E-state index contributed by atoms with van der Waals surface area (Å²) in [5, 5.41) is 13.8. The lowest BCUT2D eigenvalue weighted by Crippen LogP contribution is -2.41. The number of quaternary nitrogens is 1. The van der Waals surface area contributed by atoms with E-state index in [4.69, 9.17) is 9.47 Å². The van der Waals surface area contributed by atoms with Crippen molar-refractivity contribution < 1.29 is 32.3 Å². The summed E-state index contributed by atoms with van der Waals surface area (Å²) in [5.41, 5.74) is 1.07. The number of anilines is 1. The number of aromatic hydroxyl groups is 1. The largest absolute Gasteiger partial charge is 0.507 e. The van der Waals surface area contributed by atoms with Gasteiger partial charge >= 0.3 is 5.97 Å². The van der Waals surface area contributed by atoms with Crippen LogP contribution in [0.15, 0.2) is 95.9 Å². The van der Waals surface area contributed by atoms with Crippen LogP contribution in [0.5, 0.6) is 17.2 Å². The SMILES string of the molecule is COc1ccc(S(=O)(=O)Nc2cc(-c3c(O)ccc4ccccc34)c(OC(=O)C[N+](C)(C)C)c3ccccc23)cc1. The zero-order valence-corrected chi connectivity index (χ0v) is 24.0. The fraction of sp³-hybridized carbons (Fsp3) is 0.156. The fourth-order valence-corrected chi connectivity index (χ4v) is 5.83. The van der Waals surface area contributed by atoms with Crippen LogP contribution in [0.3, 0.4) is 0 Å². The van der Waals surface area contributed by atoms with Crippen molar-refractivity contribution in [3.05, 3.63) is 91.0 Å². The Labute approximate surface area is 239 Å². The molecule has 0 fully saturated rings. The molecule has 0 aliphatic carbocycles. The van der Waals surface area contributed by atoms with Gasteiger partial charge in [0.25, 0.3) is 10.0 Å². The first-order chi connectivity index (χ1) is 19.5. The number of hydrogen-bond donors (Lipinski definition) is 2. The molecule has 210 valence electrons. The van der Waals surface area contributed by atoms with Crippen molar-refractivity contribution in [2.75, 3.05) is 39.5 Å². The molecule has 0 unspecified atom stereocenters. The van der Waals surface area contributed by atoms with Gasteiger partial charge in [0.15, 0.2) is 6.54 Å². The van der Waals surface area contributed by atoms with Crippen molar-refractivity contribution in [2.24, 2.45) is 0 Å². The molecule has 0 spiro atoms. The van der Waals surface area contributed by atoms with E-state index in [0.29, 0.717) is 32.1 Å². The van der Waals surface area contributed by atoms with Crippen LogP contribution < -0.4 is 14.2 Å². The van der Waals surface area contributed by atoms with Crippen molar-refractivity contribution >= 4 is 43.2 Å². The quantitative estimate of drug-likeness (QED) is 0.139. The molecule has 9 heteroatoms. The van der Waals surface area contributed by atoms with Crippen LogP contribution in [0.1, 0.15) is 0 Å². The summed E-state index contributed by atoms with van der Waals surface area (Å²) in [5.74, 6) is 0.267. The molecular weight excluding hydrogens is 540 g/mol.